The molecule has 0 amide bonds. The highest BCUT2D eigenvalue weighted by Crippen LogP contribution is 2.34. The summed E-state index contributed by atoms with van der Waals surface area (Å²) in [6.45, 7) is 1.16. The fourth-order valence-electron chi connectivity index (χ4n) is 1.91. The molecule has 1 fully saturated rings. The Kier molecular flexibility index (Phi) is 2.65. The summed E-state index contributed by atoms with van der Waals surface area (Å²) < 4.78 is 0. The minimum absolute atomic E-state index is 0.494. The zero-order chi connectivity index (χ0) is 9.26. The highest BCUT2D eigenvalue weighted by atomic mass is 79.9. The first-order valence-electron chi connectivity index (χ1n) is 4.53. The molecule has 3 heteroatoms. The van der Waals surface area contributed by atoms with Crippen LogP contribution >= 0.6 is 15.9 Å². The molecule has 0 bridgehead atoms. The van der Waals surface area contributed by atoms with Crippen molar-refractivity contribution >= 4 is 15.9 Å². The molecule has 0 N–H and O–H groups in total. The van der Waals surface area contributed by atoms with Gasteiger partial charge in [0.1, 0.15) is 0 Å². The summed E-state index contributed by atoms with van der Waals surface area (Å²) in [5.74, 6) is 0. The Labute approximate surface area is 87.1 Å². The average Bonchev–Trinajstić information content (AvgIpc) is 2.48. The largest absolute Gasteiger partial charge is 0.298 e. The van der Waals surface area contributed by atoms with E-state index in [1.165, 1.54) is 12.0 Å². The molecule has 0 spiro atoms. The topological polar surface area (TPSA) is 16.1 Å². The van der Waals surface area contributed by atoms with Crippen molar-refractivity contribution in [1.29, 1.82) is 0 Å². The van der Waals surface area contributed by atoms with E-state index in [2.05, 4.69) is 38.9 Å². The van der Waals surface area contributed by atoms with E-state index >= 15 is 0 Å². The van der Waals surface area contributed by atoms with Crippen LogP contribution in [0.5, 0.6) is 0 Å². The van der Waals surface area contributed by atoms with Crippen LogP contribution in [0.2, 0.25) is 0 Å². The number of alkyl halides is 1. The number of nitrogens with zero attached hydrogens (tertiary/aromatic N) is 2. The van der Waals surface area contributed by atoms with Gasteiger partial charge < -0.3 is 0 Å². The molecule has 0 aliphatic carbocycles. The lowest BCUT2D eigenvalue weighted by molar-refractivity contribution is 0.321. The number of aromatic nitrogens is 1. The van der Waals surface area contributed by atoms with Gasteiger partial charge in [0, 0.05) is 23.3 Å². The highest BCUT2D eigenvalue weighted by molar-refractivity contribution is 9.09. The van der Waals surface area contributed by atoms with Crippen molar-refractivity contribution in [3.8, 4) is 0 Å². The molecule has 0 radical (unpaired) electrons. The van der Waals surface area contributed by atoms with Crippen LogP contribution < -0.4 is 0 Å². The predicted molar refractivity (Wildman–Crippen MR) is 56.9 cm³/mol. The number of hydrogen-bond acceptors (Lipinski definition) is 2. The van der Waals surface area contributed by atoms with Crippen LogP contribution in [0.3, 0.4) is 0 Å². The van der Waals surface area contributed by atoms with E-state index in [1.807, 2.05) is 18.5 Å². The van der Waals surface area contributed by atoms with E-state index in [0.717, 1.165) is 6.54 Å². The zero-order valence-corrected chi connectivity index (χ0v) is 9.24. The van der Waals surface area contributed by atoms with Crippen molar-refractivity contribution < 1.29 is 0 Å². The monoisotopic (exact) mass is 240 g/mol. The Hall–Kier alpha value is -0.410. The van der Waals surface area contributed by atoms with Crippen molar-refractivity contribution in [2.45, 2.75) is 17.3 Å². The van der Waals surface area contributed by atoms with Gasteiger partial charge in [-0.05, 0) is 31.6 Å². The predicted octanol–water partition coefficient (Wildman–Crippen LogP) is 2.22. The summed E-state index contributed by atoms with van der Waals surface area (Å²) in [5.41, 5.74) is 1.31. The molecule has 2 rings (SSSR count). The summed E-state index contributed by atoms with van der Waals surface area (Å²) in [6, 6.07) is 4.64. The van der Waals surface area contributed by atoms with Crippen LogP contribution in [-0.2, 0) is 0 Å². The number of rotatable bonds is 1. The Morgan fingerprint density at radius 3 is 3.00 bits per heavy atom. The summed E-state index contributed by atoms with van der Waals surface area (Å²) in [7, 11) is 2.17. The highest BCUT2D eigenvalue weighted by Gasteiger charge is 2.30. The van der Waals surface area contributed by atoms with Gasteiger partial charge in [-0.25, -0.2) is 0 Å². The maximum Gasteiger partial charge on any atom is 0.0485 e. The SMILES string of the molecule is CN1CCC(Br)[C@H]1c1cccnc1. The zero-order valence-electron chi connectivity index (χ0n) is 7.65. The number of hydrogen-bond donors (Lipinski definition) is 0. The first kappa shape index (κ1) is 9.16. The maximum absolute atomic E-state index is 4.15. The van der Waals surface area contributed by atoms with E-state index in [1.54, 1.807) is 0 Å². The van der Waals surface area contributed by atoms with E-state index < -0.39 is 0 Å². The Bertz CT molecular complexity index is 266. The van der Waals surface area contributed by atoms with Gasteiger partial charge in [0.25, 0.3) is 0 Å². The molecular formula is C10H13BrN2. The molecule has 0 aromatic carbocycles. The number of likely N-dealkylation sites (tertiary alicyclic amines) is 1. The minimum Gasteiger partial charge on any atom is -0.298 e. The van der Waals surface area contributed by atoms with Gasteiger partial charge in [0.05, 0.1) is 0 Å². The van der Waals surface area contributed by atoms with Crippen LogP contribution in [0, 0.1) is 0 Å². The van der Waals surface area contributed by atoms with Crippen molar-refractivity contribution in [3.05, 3.63) is 30.1 Å². The minimum atomic E-state index is 0.494. The fourth-order valence-corrected chi connectivity index (χ4v) is 2.83. The molecule has 70 valence electrons. The molecule has 1 saturated heterocycles. The molecule has 2 nitrogen and oxygen atoms in total. The van der Waals surface area contributed by atoms with E-state index in [-0.39, 0.29) is 0 Å². The van der Waals surface area contributed by atoms with Crippen molar-refractivity contribution in [2.75, 3.05) is 13.6 Å². The molecule has 2 heterocycles. The van der Waals surface area contributed by atoms with Crippen LogP contribution in [0.25, 0.3) is 0 Å². The lowest BCUT2D eigenvalue weighted by atomic mass is 10.1. The van der Waals surface area contributed by atoms with Crippen molar-refractivity contribution in [2.24, 2.45) is 0 Å². The first-order valence-corrected chi connectivity index (χ1v) is 5.45. The Balaban J connectivity index is 2.25. The van der Waals surface area contributed by atoms with Crippen LogP contribution in [0.15, 0.2) is 24.5 Å². The Morgan fingerprint density at radius 2 is 2.46 bits per heavy atom. The van der Waals surface area contributed by atoms with E-state index in [0.29, 0.717) is 10.9 Å². The lowest BCUT2D eigenvalue weighted by Gasteiger charge is -2.21. The summed E-state index contributed by atoms with van der Waals surface area (Å²) in [6.07, 6.45) is 5.00. The van der Waals surface area contributed by atoms with Gasteiger partial charge in [-0.2, -0.15) is 0 Å². The van der Waals surface area contributed by atoms with Crippen molar-refractivity contribution in [3.63, 3.8) is 0 Å². The van der Waals surface area contributed by atoms with Gasteiger partial charge in [-0.3, -0.25) is 9.88 Å². The second-order valence-electron chi connectivity index (χ2n) is 3.52. The number of pyridine rings is 1. The number of halogens is 1. The van der Waals surface area contributed by atoms with Gasteiger partial charge >= 0.3 is 0 Å². The van der Waals surface area contributed by atoms with Crippen LogP contribution in [-0.4, -0.2) is 28.3 Å². The molecule has 1 aliphatic heterocycles. The summed E-state index contributed by atoms with van der Waals surface area (Å²) in [4.78, 5) is 7.09. The second-order valence-corrected chi connectivity index (χ2v) is 4.69. The van der Waals surface area contributed by atoms with Gasteiger partial charge in [0.15, 0.2) is 0 Å². The van der Waals surface area contributed by atoms with E-state index in [9.17, 15) is 0 Å². The summed E-state index contributed by atoms with van der Waals surface area (Å²) in [5, 5.41) is 0. The smallest absolute Gasteiger partial charge is 0.0485 e. The third-order valence-electron chi connectivity index (χ3n) is 2.60. The third-order valence-corrected chi connectivity index (χ3v) is 3.56. The molecule has 1 aromatic rings. The Morgan fingerprint density at radius 1 is 1.62 bits per heavy atom. The second kappa shape index (κ2) is 3.76. The summed E-state index contributed by atoms with van der Waals surface area (Å²) >= 11 is 3.71. The molecule has 1 unspecified atom stereocenters. The average molecular weight is 241 g/mol. The molecule has 0 saturated carbocycles. The molecule has 2 atom stereocenters. The van der Waals surface area contributed by atoms with Crippen molar-refractivity contribution in [1.82, 2.24) is 9.88 Å². The van der Waals surface area contributed by atoms with Crippen LogP contribution in [0.1, 0.15) is 18.0 Å². The quantitative estimate of drug-likeness (QED) is 0.701. The van der Waals surface area contributed by atoms with E-state index in [4.69, 9.17) is 0 Å². The normalized spacial score (nSPS) is 29.4. The fraction of sp³-hybridized carbons (Fsp3) is 0.500. The molecular weight excluding hydrogens is 228 g/mol. The molecule has 13 heavy (non-hydrogen) atoms. The third kappa shape index (κ3) is 1.76. The lowest BCUT2D eigenvalue weighted by Crippen LogP contribution is -2.21. The van der Waals surface area contributed by atoms with Crippen LogP contribution in [0.4, 0.5) is 0 Å². The molecule has 1 aliphatic rings. The maximum atomic E-state index is 4.15. The van der Waals surface area contributed by atoms with Gasteiger partial charge in [-0.1, -0.05) is 22.0 Å². The van der Waals surface area contributed by atoms with Gasteiger partial charge in [-0.15, -0.1) is 0 Å². The first-order chi connectivity index (χ1) is 6.29. The van der Waals surface area contributed by atoms with Gasteiger partial charge in [0.2, 0.25) is 0 Å². The standard InChI is InChI=1S/C10H13BrN2/c1-13-6-4-9(11)10(13)8-3-2-5-12-7-8/h2-3,5,7,9-10H,4,6H2,1H3/t9?,10-/m1/s1. The molecule has 1 aromatic heterocycles.